The Morgan fingerprint density at radius 1 is 1.00 bits per heavy atom. The Balaban J connectivity index is 4.61. The lowest BCUT2D eigenvalue weighted by atomic mass is 9.92. The maximum atomic E-state index is 11.2. The molecule has 76 valence electrons. The molecule has 2 unspecified atom stereocenters. The zero-order valence-electron chi connectivity index (χ0n) is 8.28. The number of halogens is 2. The molecule has 0 aliphatic rings. The number of carbonyl (C=O) groups excluding carboxylic acids is 2. The van der Waals surface area contributed by atoms with Crippen LogP contribution in [0.15, 0.2) is 0 Å². The van der Waals surface area contributed by atoms with E-state index in [9.17, 15) is 9.59 Å². The molecule has 0 heterocycles. The van der Waals surface area contributed by atoms with Gasteiger partial charge in [0.15, 0.2) is 0 Å². The number of ketones is 2. The minimum absolute atomic E-state index is 0.0272. The Hall–Kier alpha value is 0.300. The molecule has 2 nitrogen and oxygen atoms in total. The molecule has 0 fully saturated rings. The van der Waals surface area contributed by atoms with Gasteiger partial charge in [0.05, 0.1) is 8.65 Å². The van der Waals surface area contributed by atoms with Crippen LogP contribution in [-0.2, 0) is 9.59 Å². The monoisotopic (exact) mass is 312 g/mol. The Morgan fingerprint density at radius 3 is 1.38 bits per heavy atom. The Kier molecular flexibility index (Phi) is 4.31. The molecular formula is C9H14Br2O2. The second-order valence-electron chi connectivity index (χ2n) is 3.68. The molecule has 0 aromatic rings. The fourth-order valence-corrected chi connectivity index (χ4v) is 2.37. The van der Waals surface area contributed by atoms with Crippen molar-refractivity contribution in [1.29, 1.82) is 0 Å². The molecule has 0 saturated carbocycles. The van der Waals surface area contributed by atoms with Crippen LogP contribution in [0.2, 0.25) is 0 Å². The first-order valence-electron chi connectivity index (χ1n) is 3.99. The van der Waals surface area contributed by atoms with E-state index in [0.29, 0.717) is 6.42 Å². The summed E-state index contributed by atoms with van der Waals surface area (Å²) in [7, 11) is 0. The van der Waals surface area contributed by atoms with Crippen molar-refractivity contribution in [3.63, 3.8) is 0 Å². The molecule has 2 atom stereocenters. The summed E-state index contributed by atoms with van der Waals surface area (Å²) in [5, 5.41) is 0. The van der Waals surface area contributed by atoms with Gasteiger partial charge in [0, 0.05) is 0 Å². The van der Waals surface area contributed by atoms with Gasteiger partial charge in [0.25, 0.3) is 0 Å². The molecule has 0 aromatic carbocycles. The molecule has 0 aliphatic carbocycles. The Morgan fingerprint density at radius 2 is 1.23 bits per heavy atom. The van der Waals surface area contributed by atoms with Crippen LogP contribution in [-0.4, -0.2) is 20.2 Å². The van der Waals surface area contributed by atoms with Crippen molar-refractivity contribution in [3.8, 4) is 0 Å². The second-order valence-corrected chi connectivity index (χ2v) is 7.18. The molecule has 13 heavy (non-hydrogen) atoms. The van der Waals surface area contributed by atoms with Gasteiger partial charge in [0.1, 0.15) is 11.6 Å². The highest BCUT2D eigenvalue weighted by Gasteiger charge is 2.37. The van der Waals surface area contributed by atoms with Crippen molar-refractivity contribution in [2.45, 2.75) is 42.8 Å². The summed E-state index contributed by atoms with van der Waals surface area (Å²) in [5.74, 6) is 0.0545. The van der Waals surface area contributed by atoms with E-state index in [2.05, 4.69) is 31.9 Å². The van der Waals surface area contributed by atoms with E-state index in [1.54, 1.807) is 13.8 Å². The van der Waals surface area contributed by atoms with Crippen molar-refractivity contribution in [2.75, 3.05) is 0 Å². The number of carbonyl (C=O) groups is 2. The van der Waals surface area contributed by atoms with Crippen LogP contribution in [0.4, 0.5) is 0 Å². The summed E-state index contributed by atoms with van der Waals surface area (Å²) in [4.78, 5) is 22.4. The summed E-state index contributed by atoms with van der Waals surface area (Å²) in [6.07, 6.45) is 0.449. The van der Waals surface area contributed by atoms with E-state index in [1.165, 1.54) is 13.8 Å². The lowest BCUT2D eigenvalue weighted by Gasteiger charge is -2.28. The number of hydrogen-bond acceptors (Lipinski definition) is 2. The summed E-state index contributed by atoms with van der Waals surface area (Å²) < 4.78 is -1.26. The molecule has 0 bridgehead atoms. The van der Waals surface area contributed by atoms with E-state index in [0.717, 1.165) is 0 Å². The highest BCUT2D eigenvalue weighted by molar-refractivity contribution is 9.11. The van der Waals surface area contributed by atoms with Gasteiger partial charge in [-0.2, -0.15) is 0 Å². The van der Waals surface area contributed by atoms with Crippen molar-refractivity contribution >= 4 is 43.4 Å². The quantitative estimate of drug-likeness (QED) is 0.748. The van der Waals surface area contributed by atoms with E-state index in [-0.39, 0.29) is 11.6 Å². The van der Waals surface area contributed by atoms with E-state index in [1.807, 2.05) is 0 Å². The molecule has 0 aromatic heterocycles. The SMILES string of the molecule is CC(=O)C(C)(Br)CC(C)(Br)C(C)=O. The maximum Gasteiger partial charge on any atom is 0.146 e. The third-order valence-electron chi connectivity index (χ3n) is 2.13. The summed E-state index contributed by atoms with van der Waals surface area (Å²) >= 11 is 6.64. The molecule has 0 aliphatic heterocycles. The first-order valence-corrected chi connectivity index (χ1v) is 5.58. The summed E-state index contributed by atoms with van der Waals surface area (Å²) in [5.41, 5.74) is 0. The van der Waals surface area contributed by atoms with Gasteiger partial charge in [-0.1, -0.05) is 31.9 Å². The molecule has 0 spiro atoms. The maximum absolute atomic E-state index is 11.2. The highest BCUT2D eigenvalue weighted by Crippen LogP contribution is 2.35. The third-order valence-corrected chi connectivity index (χ3v) is 3.81. The fraction of sp³-hybridized carbons (Fsp3) is 0.778. The highest BCUT2D eigenvalue weighted by atomic mass is 79.9. The lowest BCUT2D eigenvalue weighted by Crippen LogP contribution is -2.38. The van der Waals surface area contributed by atoms with Gasteiger partial charge in [-0.15, -0.1) is 0 Å². The largest absolute Gasteiger partial charge is 0.298 e. The topological polar surface area (TPSA) is 34.1 Å². The first-order chi connectivity index (χ1) is 5.59. The van der Waals surface area contributed by atoms with Gasteiger partial charge in [-0.25, -0.2) is 0 Å². The summed E-state index contributed by atoms with van der Waals surface area (Å²) in [6.45, 7) is 6.57. The Bertz CT molecular complexity index is 208. The minimum atomic E-state index is -0.628. The van der Waals surface area contributed by atoms with Crippen molar-refractivity contribution in [2.24, 2.45) is 0 Å². The van der Waals surface area contributed by atoms with Crippen molar-refractivity contribution in [1.82, 2.24) is 0 Å². The molecule has 0 amide bonds. The van der Waals surface area contributed by atoms with E-state index in [4.69, 9.17) is 0 Å². The number of rotatable bonds is 4. The summed E-state index contributed by atoms with van der Waals surface area (Å²) in [6, 6.07) is 0. The van der Waals surface area contributed by atoms with Crippen molar-refractivity contribution < 1.29 is 9.59 Å². The lowest BCUT2D eigenvalue weighted by molar-refractivity contribution is -0.120. The zero-order chi connectivity index (χ0) is 10.9. The van der Waals surface area contributed by atoms with Gasteiger partial charge < -0.3 is 0 Å². The molecular weight excluding hydrogens is 300 g/mol. The average Bonchev–Trinajstić information content (AvgIpc) is 1.83. The third kappa shape index (κ3) is 3.90. The van der Waals surface area contributed by atoms with Crippen LogP contribution in [0.1, 0.15) is 34.1 Å². The van der Waals surface area contributed by atoms with Crippen LogP contribution in [0, 0.1) is 0 Å². The van der Waals surface area contributed by atoms with Crippen LogP contribution in [0.5, 0.6) is 0 Å². The number of hydrogen-bond donors (Lipinski definition) is 0. The van der Waals surface area contributed by atoms with Crippen molar-refractivity contribution in [3.05, 3.63) is 0 Å². The van der Waals surface area contributed by atoms with Crippen LogP contribution in [0.25, 0.3) is 0 Å². The predicted octanol–water partition coefficient (Wildman–Crippen LogP) is 2.86. The number of Topliss-reactive ketones (excluding diaryl/α,β-unsaturated/α-hetero) is 2. The average molecular weight is 314 g/mol. The van der Waals surface area contributed by atoms with Gasteiger partial charge >= 0.3 is 0 Å². The van der Waals surface area contributed by atoms with Crippen LogP contribution < -0.4 is 0 Å². The Labute approximate surface area is 95.7 Å². The van der Waals surface area contributed by atoms with Crippen LogP contribution in [0.3, 0.4) is 0 Å². The molecule has 4 heteroatoms. The fourth-order valence-electron chi connectivity index (χ4n) is 0.872. The van der Waals surface area contributed by atoms with Gasteiger partial charge in [-0.3, -0.25) is 9.59 Å². The first kappa shape index (κ1) is 13.3. The van der Waals surface area contributed by atoms with Crippen LogP contribution >= 0.6 is 31.9 Å². The van der Waals surface area contributed by atoms with Gasteiger partial charge in [0.2, 0.25) is 0 Å². The van der Waals surface area contributed by atoms with E-state index < -0.39 is 8.65 Å². The molecule has 0 rings (SSSR count). The smallest absolute Gasteiger partial charge is 0.146 e. The normalized spacial score (nSPS) is 20.2. The molecule has 0 radical (unpaired) electrons. The standard InChI is InChI=1S/C9H14Br2O2/c1-6(12)8(3,10)5-9(4,11)7(2)13/h5H2,1-4H3. The molecule has 0 N–H and O–H groups in total. The number of alkyl halides is 2. The predicted molar refractivity (Wildman–Crippen MR) is 60.6 cm³/mol. The second kappa shape index (κ2) is 4.22. The van der Waals surface area contributed by atoms with E-state index >= 15 is 0 Å². The van der Waals surface area contributed by atoms with Gasteiger partial charge in [-0.05, 0) is 34.1 Å². The minimum Gasteiger partial charge on any atom is -0.298 e. The zero-order valence-corrected chi connectivity index (χ0v) is 11.5. The molecule has 0 saturated heterocycles.